The first-order valence-corrected chi connectivity index (χ1v) is 15.2. The Morgan fingerprint density at radius 3 is 2.22 bits per heavy atom. The van der Waals surface area contributed by atoms with Gasteiger partial charge in [-0.25, -0.2) is 0 Å². The predicted octanol–water partition coefficient (Wildman–Crippen LogP) is 5.21. The van der Waals surface area contributed by atoms with Gasteiger partial charge >= 0.3 is 0 Å². The third-order valence-corrected chi connectivity index (χ3v) is 7.66. The van der Waals surface area contributed by atoms with Crippen LogP contribution in [-0.2, 0) is 16.0 Å². The third kappa shape index (κ3) is 7.83. The van der Waals surface area contributed by atoms with Crippen LogP contribution in [-0.4, -0.2) is 57.8 Å². The fourth-order valence-corrected chi connectivity index (χ4v) is 5.28. The lowest BCUT2D eigenvalue weighted by Crippen LogP contribution is -2.50. The van der Waals surface area contributed by atoms with Crippen LogP contribution < -0.4 is 20.7 Å². The Bertz CT molecular complexity index is 1760. The molecule has 46 heavy (non-hydrogen) atoms. The van der Waals surface area contributed by atoms with E-state index >= 15 is 0 Å². The molecule has 0 aliphatic carbocycles. The van der Waals surface area contributed by atoms with Crippen LogP contribution in [0, 0.1) is 0 Å². The smallest absolute Gasteiger partial charge is 0.249 e. The van der Waals surface area contributed by atoms with E-state index in [0.29, 0.717) is 24.4 Å². The molecular weight excluding hydrogens is 578 g/mol. The number of rotatable bonds is 12. The van der Waals surface area contributed by atoms with Gasteiger partial charge in [-0.3, -0.25) is 9.59 Å². The number of hydrogen-bond donors (Lipinski definition) is 2. The number of aromatic nitrogens is 4. The molecule has 4 aromatic carbocycles. The van der Waals surface area contributed by atoms with Crippen molar-refractivity contribution in [2.24, 2.45) is 5.73 Å². The standard InChI is InChI=1S/C36H39N7O3/c1-36(2,37)24-33(44)38-32(23-14-25-10-6-5-7-11-25)35(45)42(3)27-17-15-26(16-18-27)30-12-8-9-13-31(30)34-39-40-41-43(34)28-19-21-29(46-4)22-20-28/h5-13,15-22,32H,14,23-24,37H2,1-4H3,(H,38,44)/t32-/m1/s1. The molecule has 0 fully saturated rings. The normalized spacial score (nSPS) is 11.9. The molecule has 0 unspecified atom stereocenters. The second kappa shape index (κ2) is 14.2. The van der Waals surface area contributed by atoms with E-state index in [1.165, 1.54) is 0 Å². The van der Waals surface area contributed by atoms with Crippen LogP contribution in [0.25, 0.3) is 28.2 Å². The quantitative estimate of drug-likeness (QED) is 0.197. The number of aryl methyl sites for hydroxylation is 1. The molecule has 2 amide bonds. The van der Waals surface area contributed by atoms with E-state index in [1.54, 1.807) is 37.6 Å². The summed E-state index contributed by atoms with van der Waals surface area (Å²) in [5, 5.41) is 15.5. The largest absolute Gasteiger partial charge is 0.497 e. The molecule has 0 saturated heterocycles. The molecular formula is C36H39N7O3. The highest BCUT2D eigenvalue weighted by Gasteiger charge is 2.27. The number of likely N-dealkylation sites (N-methyl/N-ethyl adjacent to an activating group) is 1. The lowest BCUT2D eigenvalue weighted by atomic mass is 9.98. The van der Waals surface area contributed by atoms with Crippen molar-refractivity contribution < 1.29 is 14.3 Å². The number of nitrogens with two attached hydrogens (primary N) is 1. The summed E-state index contributed by atoms with van der Waals surface area (Å²) < 4.78 is 6.98. The number of anilines is 1. The average molecular weight is 618 g/mol. The van der Waals surface area contributed by atoms with Crippen LogP contribution in [0.4, 0.5) is 5.69 Å². The van der Waals surface area contributed by atoms with Gasteiger partial charge in [0.15, 0.2) is 5.82 Å². The van der Waals surface area contributed by atoms with Gasteiger partial charge in [0, 0.05) is 30.3 Å². The SMILES string of the molecule is COc1ccc(-n2nnnc2-c2ccccc2-c2ccc(N(C)C(=O)[C@@H](CCc3ccccc3)NC(=O)CC(C)(C)N)cc2)cc1. The maximum atomic E-state index is 13.8. The molecule has 1 atom stereocenters. The maximum Gasteiger partial charge on any atom is 0.249 e. The molecule has 1 aromatic heterocycles. The van der Waals surface area contributed by atoms with Crippen molar-refractivity contribution in [1.29, 1.82) is 0 Å². The van der Waals surface area contributed by atoms with E-state index in [2.05, 4.69) is 20.8 Å². The number of benzene rings is 4. The van der Waals surface area contributed by atoms with Gasteiger partial charge in [-0.15, -0.1) is 5.10 Å². The highest BCUT2D eigenvalue weighted by Crippen LogP contribution is 2.33. The van der Waals surface area contributed by atoms with E-state index in [4.69, 9.17) is 10.5 Å². The van der Waals surface area contributed by atoms with Crippen molar-refractivity contribution in [3.8, 4) is 34.0 Å². The van der Waals surface area contributed by atoms with Crippen molar-refractivity contribution >= 4 is 17.5 Å². The Labute approximate surface area is 269 Å². The first-order valence-electron chi connectivity index (χ1n) is 15.2. The Balaban J connectivity index is 1.37. The topological polar surface area (TPSA) is 128 Å². The van der Waals surface area contributed by atoms with Crippen molar-refractivity contribution in [1.82, 2.24) is 25.5 Å². The molecule has 0 spiro atoms. The van der Waals surface area contributed by atoms with Gasteiger partial charge in [0.2, 0.25) is 11.8 Å². The Morgan fingerprint density at radius 2 is 1.57 bits per heavy atom. The van der Waals surface area contributed by atoms with Crippen molar-refractivity contribution in [2.45, 2.75) is 44.7 Å². The zero-order valence-corrected chi connectivity index (χ0v) is 26.6. The second-order valence-electron chi connectivity index (χ2n) is 11.9. The fourth-order valence-electron chi connectivity index (χ4n) is 5.28. The van der Waals surface area contributed by atoms with E-state index in [0.717, 1.165) is 33.7 Å². The second-order valence-corrected chi connectivity index (χ2v) is 11.9. The molecule has 0 aliphatic heterocycles. The summed E-state index contributed by atoms with van der Waals surface area (Å²) in [6.45, 7) is 3.58. The predicted molar refractivity (Wildman–Crippen MR) is 180 cm³/mol. The molecule has 0 radical (unpaired) electrons. The van der Waals surface area contributed by atoms with Crippen LogP contribution in [0.15, 0.2) is 103 Å². The number of methoxy groups -OCH3 is 1. The maximum absolute atomic E-state index is 13.8. The van der Waals surface area contributed by atoms with Gasteiger partial charge in [0.25, 0.3) is 0 Å². The Morgan fingerprint density at radius 1 is 0.913 bits per heavy atom. The number of nitrogens with one attached hydrogen (secondary N) is 1. The molecule has 10 nitrogen and oxygen atoms in total. The van der Waals surface area contributed by atoms with Crippen LogP contribution in [0.2, 0.25) is 0 Å². The zero-order chi connectivity index (χ0) is 32.7. The number of carbonyl (C=O) groups is 2. The lowest BCUT2D eigenvalue weighted by Gasteiger charge is -2.26. The van der Waals surface area contributed by atoms with Crippen LogP contribution in [0.5, 0.6) is 5.75 Å². The first kappa shape index (κ1) is 32.1. The lowest BCUT2D eigenvalue weighted by molar-refractivity contribution is -0.128. The molecule has 3 N–H and O–H groups in total. The monoisotopic (exact) mass is 617 g/mol. The summed E-state index contributed by atoms with van der Waals surface area (Å²) in [4.78, 5) is 28.2. The molecule has 0 saturated carbocycles. The number of ether oxygens (including phenoxy) is 1. The Hall–Kier alpha value is -5.35. The number of tetrazole rings is 1. The number of amides is 2. The minimum atomic E-state index is -0.711. The molecule has 0 bridgehead atoms. The van der Waals surface area contributed by atoms with Crippen molar-refractivity contribution in [2.75, 3.05) is 19.1 Å². The highest BCUT2D eigenvalue weighted by molar-refractivity contribution is 5.99. The average Bonchev–Trinajstić information content (AvgIpc) is 3.56. The third-order valence-electron chi connectivity index (χ3n) is 7.66. The van der Waals surface area contributed by atoms with Gasteiger partial charge in [-0.2, -0.15) is 4.68 Å². The van der Waals surface area contributed by atoms with E-state index in [-0.39, 0.29) is 18.2 Å². The van der Waals surface area contributed by atoms with Gasteiger partial charge in [0.1, 0.15) is 11.8 Å². The van der Waals surface area contributed by atoms with Crippen molar-refractivity contribution in [3.63, 3.8) is 0 Å². The van der Waals surface area contributed by atoms with Crippen molar-refractivity contribution in [3.05, 3.63) is 109 Å². The van der Waals surface area contributed by atoms with Gasteiger partial charge < -0.3 is 20.7 Å². The van der Waals surface area contributed by atoms with Gasteiger partial charge in [0.05, 0.1) is 12.8 Å². The van der Waals surface area contributed by atoms with E-state index in [1.807, 2.05) is 103 Å². The van der Waals surface area contributed by atoms with Gasteiger partial charge in [-0.1, -0.05) is 66.7 Å². The highest BCUT2D eigenvalue weighted by atomic mass is 16.5. The Kier molecular flexibility index (Phi) is 9.88. The minimum Gasteiger partial charge on any atom is -0.497 e. The molecule has 5 aromatic rings. The fraction of sp³-hybridized carbons (Fsp3) is 0.250. The number of carbonyl (C=O) groups excluding carboxylic acids is 2. The molecule has 5 rings (SSSR count). The summed E-state index contributed by atoms with van der Waals surface area (Å²) in [5.74, 6) is 0.878. The summed E-state index contributed by atoms with van der Waals surface area (Å²) in [6.07, 6.45) is 1.21. The van der Waals surface area contributed by atoms with E-state index in [9.17, 15) is 9.59 Å². The molecule has 0 aliphatic rings. The number of nitrogens with zero attached hydrogens (tertiary/aromatic N) is 5. The van der Waals surface area contributed by atoms with Crippen LogP contribution in [0.1, 0.15) is 32.3 Å². The first-order chi connectivity index (χ1) is 22.1. The minimum absolute atomic E-state index is 0.113. The summed E-state index contributed by atoms with van der Waals surface area (Å²) in [6, 6.07) is 32.4. The van der Waals surface area contributed by atoms with E-state index < -0.39 is 11.6 Å². The van der Waals surface area contributed by atoms with Gasteiger partial charge in [-0.05, 0) is 90.2 Å². The summed E-state index contributed by atoms with van der Waals surface area (Å²) >= 11 is 0. The molecule has 236 valence electrons. The zero-order valence-electron chi connectivity index (χ0n) is 26.6. The van der Waals surface area contributed by atoms with Crippen LogP contribution >= 0.6 is 0 Å². The molecule has 10 heteroatoms. The summed E-state index contributed by atoms with van der Waals surface area (Å²) in [7, 11) is 3.35. The molecule has 1 heterocycles. The summed E-state index contributed by atoms with van der Waals surface area (Å²) in [5.41, 5.74) is 10.7. The van der Waals surface area contributed by atoms with Crippen LogP contribution in [0.3, 0.4) is 0 Å². The number of hydrogen-bond acceptors (Lipinski definition) is 7.